The summed E-state index contributed by atoms with van der Waals surface area (Å²) in [7, 11) is 1.93. The van der Waals surface area contributed by atoms with Crippen molar-refractivity contribution in [3.05, 3.63) is 77.4 Å². The van der Waals surface area contributed by atoms with Gasteiger partial charge in [-0.25, -0.2) is 9.07 Å². The third-order valence-electron chi connectivity index (χ3n) is 5.17. The molecule has 0 spiro atoms. The fraction of sp³-hybridized carbons (Fsp3) is 0.217. The number of nitrogens with two attached hydrogens (primary N) is 1. The van der Waals surface area contributed by atoms with Crippen LogP contribution in [0.4, 0.5) is 10.2 Å². The number of carbonyl (C=O) groups excluding carboxylic acids is 1. The van der Waals surface area contributed by atoms with Crippen LogP contribution >= 0.6 is 0 Å². The van der Waals surface area contributed by atoms with Crippen LogP contribution in [0.3, 0.4) is 0 Å². The number of carbonyl (C=O) groups is 1. The number of halogens is 1. The Hall–Kier alpha value is -3.61. The highest BCUT2D eigenvalue weighted by molar-refractivity contribution is 5.94. The van der Waals surface area contributed by atoms with Crippen molar-refractivity contribution in [3.8, 4) is 5.69 Å². The molecule has 2 aromatic heterocycles. The zero-order valence-electron chi connectivity index (χ0n) is 17.2. The fourth-order valence-electron chi connectivity index (χ4n) is 3.78. The Labute approximate surface area is 174 Å². The Balaban J connectivity index is 1.46. The molecule has 4 rings (SSSR count). The minimum atomic E-state index is -0.264. The highest BCUT2D eigenvalue weighted by Crippen LogP contribution is 2.23. The van der Waals surface area contributed by atoms with Crippen LogP contribution in [-0.2, 0) is 13.5 Å². The van der Waals surface area contributed by atoms with E-state index in [2.05, 4.69) is 10.4 Å². The summed E-state index contributed by atoms with van der Waals surface area (Å²) in [5, 5.41) is 8.23. The largest absolute Gasteiger partial charge is 0.384 e. The van der Waals surface area contributed by atoms with Crippen LogP contribution in [0, 0.1) is 12.7 Å². The van der Waals surface area contributed by atoms with Crippen LogP contribution < -0.4 is 11.1 Å². The maximum Gasteiger partial charge on any atom is 0.251 e. The lowest BCUT2D eigenvalue weighted by molar-refractivity contribution is 0.0940. The smallest absolute Gasteiger partial charge is 0.251 e. The average Bonchev–Trinajstić information content (AvgIpc) is 3.19. The predicted molar refractivity (Wildman–Crippen MR) is 116 cm³/mol. The Morgan fingerprint density at radius 3 is 2.60 bits per heavy atom. The first kappa shape index (κ1) is 19.7. The Morgan fingerprint density at radius 1 is 1.20 bits per heavy atom. The summed E-state index contributed by atoms with van der Waals surface area (Å²) in [6, 6.07) is 13.6. The zero-order chi connectivity index (χ0) is 21.4. The number of benzene rings is 2. The SMILES string of the molecule is Cc1cc(N)n(-c2ccc(C(=O)N[C@@H](C)Cc3cn(C)c4ccc(F)cc34)cc2)n1. The van der Waals surface area contributed by atoms with Crippen molar-refractivity contribution in [1.29, 1.82) is 0 Å². The summed E-state index contributed by atoms with van der Waals surface area (Å²) in [6.07, 6.45) is 2.59. The van der Waals surface area contributed by atoms with E-state index in [1.54, 1.807) is 35.0 Å². The number of hydrogen-bond acceptors (Lipinski definition) is 3. The van der Waals surface area contributed by atoms with E-state index >= 15 is 0 Å². The van der Waals surface area contributed by atoms with Gasteiger partial charge >= 0.3 is 0 Å². The van der Waals surface area contributed by atoms with Crippen molar-refractivity contribution >= 4 is 22.6 Å². The molecule has 1 amide bonds. The van der Waals surface area contributed by atoms with Crippen LogP contribution in [0.1, 0.15) is 28.5 Å². The van der Waals surface area contributed by atoms with E-state index in [9.17, 15) is 9.18 Å². The van der Waals surface area contributed by atoms with Gasteiger partial charge < -0.3 is 15.6 Å². The maximum absolute atomic E-state index is 13.7. The van der Waals surface area contributed by atoms with Gasteiger partial charge in [-0.05, 0) is 68.3 Å². The monoisotopic (exact) mass is 405 g/mol. The standard InChI is InChI=1S/C23H24FN5O/c1-14(10-17-13-28(3)21-9-6-18(24)12-20(17)21)26-23(30)16-4-7-19(8-5-16)29-22(25)11-15(2)27-29/h4-9,11-14H,10,25H2,1-3H3,(H,26,30)/t14-/m0/s1. The molecule has 0 unspecified atom stereocenters. The molecule has 154 valence electrons. The third-order valence-corrected chi connectivity index (χ3v) is 5.17. The summed E-state index contributed by atoms with van der Waals surface area (Å²) in [5.74, 6) is 0.120. The molecular weight excluding hydrogens is 381 g/mol. The molecule has 7 heteroatoms. The first-order valence-corrected chi connectivity index (χ1v) is 9.78. The second-order valence-corrected chi connectivity index (χ2v) is 7.67. The maximum atomic E-state index is 13.7. The van der Waals surface area contributed by atoms with Gasteiger partial charge in [0, 0.05) is 41.8 Å². The quantitative estimate of drug-likeness (QED) is 0.531. The van der Waals surface area contributed by atoms with Gasteiger partial charge in [0.1, 0.15) is 11.6 Å². The third kappa shape index (κ3) is 3.78. The zero-order valence-corrected chi connectivity index (χ0v) is 17.2. The van der Waals surface area contributed by atoms with Crippen molar-refractivity contribution in [1.82, 2.24) is 19.7 Å². The fourth-order valence-corrected chi connectivity index (χ4v) is 3.78. The molecule has 0 aliphatic rings. The first-order chi connectivity index (χ1) is 14.3. The minimum Gasteiger partial charge on any atom is -0.384 e. The second kappa shape index (κ2) is 7.67. The van der Waals surface area contributed by atoms with Gasteiger partial charge in [0.25, 0.3) is 5.91 Å². The lowest BCUT2D eigenvalue weighted by Crippen LogP contribution is -2.34. The number of aromatic nitrogens is 3. The molecule has 30 heavy (non-hydrogen) atoms. The van der Waals surface area contributed by atoms with E-state index < -0.39 is 0 Å². The van der Waals surface area contributed by atoms with Gasteiger partial charge in [-0.2, -0.15) is 5.10 Å². The van der Waals surface area contributed by atoms with Crippen LogP contribution in [0.5, 0.6) is 0 Å². The Bertz CT molecular complexity index is 1220. The molecule has 0 aliphatic heterocycles. The summed E-state index contributed by atoms with van der Waals surface area (Å²) < 4.78 is 17.3. The van der Waals surface area contributed by atoms with Gasteiger partial charge in [0.15, 0.2) is 0 Å². The molecule has 0 bridgehead atoms. The molecule has 0 saturated heterocycles. The molecule has 4 aromatic rings. The number of anilines is 1. The number of nitrogens with one attached hydrogen (secondary N) is 1. The molecule has 0 aliphatic carbocycles. The Morgan fingerprint density at radius 2 is 1.93 bits per heavy atom. The number of hydrogen-bond donors (Lipinski definition) is 2. The van der Waals surface area contributed by atoms with Crippen LogP contribution in [0.2, 0.25) is 0 Å². The number of amides is 1. The first-order valence-electron chi connectivity index (χ1n) is 9.78. The van der Waals surface area contributed by atoms with Gasteiger partial charge in [0.05, 0.1) is 11.4 Å². The van der Waals surface area contributed by atoms with Gasteiger partial charge in [-0.1, -0.05) is 0 Å². The average molecular weight is 405 g/mol. The van der Waals surface area contributed by atoms with Crippen molar-refractivity contribution in [3.63, 3.8) is 0 Å². The van der Waals surface area contributed by atoms with E-state index in [0.29, 0.717) is 17.8 Å². The normalized spacial score (nSPS) is 12.3. The lowest BCUT2D eigenvalue weighted by atomic mass is 10.1. The molecule has 0 saturated carbocycles. The summed E-state index contributed by atoms with van der Waals surface area (Å²) >= 11 is 0. The highest BCUT2D eigenvalue weighted by Gasteiger charge is 2.15. The molecule has 2 aromatic carbocycles. The lowest BCUT2D eigenvalue weighted by Gasteiger charge is -2.14. The van der Waals surface area contributed by atoms with Crippen LogP contribution in [-0.4, -0.2) is 26.3 Å². The topological polar surface area (TPSA) is 77.9 Å². The second-order valence-electron chi connectivity index (χ2n) is 7.67. The molecular formula is C23H24FN5O. The number of nitrogen functional groups attached to an aromatic ring is 1. The van der Waals surface area contributed by atoms with E-state index in [1.165, 1.54) is 6.07 Å². The minimum absolute atomic E-state index is 0.115. The number of fused-ring (bicyclic) bond motifs is 1. The van der Waals surface area contributed by atoms with Crippen molar-refractivity contribution < 1.29 is 9.18 Å². The summed E-state index contributed by atoms with van der Waals surface area (Å²) in [6.45, 7) is 3.82. The number of aryl methyl sites for hydroxylation is 2. The van der Waals surface area contributed by atoms with Gasteiger partial charge in [-0.3, -0.25) is 4.79 Å². The van der Waals surface area contributed by atoms with Crippen molar-refractivity contribution in [2.24, 2.45) is 7.05 Å². The van der Waals surface area contributed by atoms with Crippen LogP contribution in [0.15, 0.2) is 54.7 Å². The van der Waals surface area contributed by atoms with Crippen molar-refractivity contribution in [2.45, 2.75) is 26.3 Å². The molecule has 6 nitrogen and oxygen atoms in total. The highest BCUT2D eigenvalue weighted by atomic mass is 19.1. The Kier molecular flexibility index (Phi) is 5.03. The molecule has 0 fully saturated rings. The summed E-state index contributed by atoms with van der Waals surface area (Å²) in [5.41, 5.74) is 10.1. The number of rotatable bonds is 5. The molecule has 3 N–H and O–H groups in total. The van der Waals surface area contributed by atoms with E-state index in [1.807, 2.05) is 43.8 Å². The molecule has 2 heterocycles. The van der Waals surface area contributed by atoms with E-state index in [4.69, 9.17) is 5.73 Å². The van der Waals surface area contributed by atoms with Crippen LogP contribution in [0.25, 0.3) is 16.6 Å². The molecule has 1 atom stereocenters. The van der Waals surface area contributed by atoms with E-state index in [-0.39, 0.29) is 17.8 Å². The molecule has 0 radical (unpaired) electrons. The predicted octanol–water partition coefficient (Wildman–Crippen LogP) is 3.75. The van der Waals surface area contributed by atoms with Gasteiger partial charge in [-0.15, -0.1) is 0 Å². The van der Waals surface area contributed by atoms with Crippen molar-refractivity contribution in [2.75, 3.05) is 5.73 Å². The van der Waals surface area contributed by atoms with Gasteiger partial charge in [0.2, 0.25) is 0 Å². The number of nitrogens with zero attached hydrogens (tertiary/aromatic N) is 3. The summed E-state index contributed by atoms with van der Waals surface area (Å²) in [4.78, 5) is 12.7. The van der Waals surface area contributed by atoms with E-state index in [0.717, 1.165) is 27.8 Å².